The predicted octanol–water partition coefficient (Wildman–Crippen LogP) is 3.59. The van der Waals surface area contributed by atoms with Gasteiger partial charge in [0.15, 0.2) is 5.17 Å². The molecule has 114 valence electrons. The molecule has 0 radical (unpaired) electrons. The number of aliphatic imine (C=N–C) groups is 1. The van der Waals surface area contributed by atoms with Crippen molar-refractivity contribution in [3.8, 4) is 0 Å². The predicted molar refractivity (Wildman–Crippen MR) is 84.5 cm³/mol. The maximum Gasteiger partial charge on any atom is 0.338 e. The van der Waals surface area contributed by atoms with E-state index in [1.54, 1.807) is 32.0 Å². The van der Waals surface area contributed by atoms with Crippen LogP contribution in [0, 0.1) is 5.82 Å². The van der Waals surface area contributed by atoms with Gasteiger partial charge in [-0.05, 0) is 25.3 Å². The van der Waals surface area contributed by atoms with Gasteiger partial charge in [0, 0.05) is 11.8 Å². The number of carbonyl (C=O) groups excluding carboxylic acids is 1. The summed E-state index contributed by atoms with van der Waals surface area (Å²) in [6.45, 7) is 3.76. The molecule has 0 N–H and O–H groups in total. The minimum Gasteiger partial charge on any atom is -0.463 e. The molecule has 1 atom stereocenters. The second-order valence-electron chi connectivity index (χ2n) is 4.85. The molecule has 0 aromatic heterocycles. The Kier molecular flexibility index (Phi) is 4.02. The molecule has 6 heteroatoms. The minimum atomic E-state index is -0.556. The molecule has 0 amide bonds. The molecule has 0 spiro atoms. The number of thioether (sulfide) groups is 1. The quantitative estimate of drug-likeness (QED) is 0.799. The zero-order valence-corrected chi connectivity index (χ0v) is 13.1. The maximum absolute atomic E-state index is 14.3. The van der Waals surface area contributed by atoms with Gasteiger partial charge in [-0.15, -0.1) is 0 Å². The van der Waals surface area contributed by atoms with E-state index in [2.05, 4.69) is 4.99 Å². The van der Waals surface area contributed by atoms with Gasteiger partial charge >= 0.3 is 5.97 Å². The van der Waals surface area contributed by atoms with E-state index in [1.165, 1.54) is 17.8 Å². The number of benzene rings is 1. The SMILES string of the molecule is CCOC(=O)C1=C(C)N=C2SC=CN2[C@@H]1c1ccccc1F. The lowest BCUT2D eigenvalue weighted by Crippen LogP contribution is -2.34. The number of ether oxygens (including phenoxy) is 1. The van der Waals surface area contributed by atoms with Crippen LogP contribution in [0.25, 0.3) is 0 Å². The number of amidine groups is 1. The number of rotatable bonds is 3. The Morgan fingerprint density at radius 1 is 1.45 bits per heavy atom. The van der Waals surface area contributed by atoms with Crippen LogP contribution in [-0.4, -0.2) is 22.6 Å². The van der Waals surface area contributed by atoms with Crippen LogP contribution in [0.15, 0.2) is 52.1 Å². The Bertz CT molecular complexity index is 712. The van der Waals surface area contributed by atoms with Crippen molar-refractivity contribution in [2.75, 3.05) is 6.61 Å². The van der Waals surface area contributed by atoms with E-state index in [9.17, 15) is 9.18 Å². The number of esters is 1. The van der Waals surface area contributed by atoms with Crippen LogP contribution in [0.4, 0.5) is 4.39 Å². The number of carbonyl (C=O) groups is 1. The fraction of sp³-hybridized carbons (Fsp3) is 0.250. The molecule has 0 saturated carbocycles. The van der Waals surface area contributed by atoms with E-state index >= 15 is 0 Å². The molecule has 0 bridgehead atoms. The second kappa shape index (κ2) is 5.96. The van der Waals surface area contributed by atoms with Gasteiger partial charge in [0.05, 0.1) is 23.9 Å². The molecule has 0 aliphatic carbocycles. The summed E-state index contributed by atoms with van der Waals surface area (Å²) in [5.74, 6) is -0.810. The topological polar surface area (TPSA) is 41.9 Å². The highest BCUT2D eigenvalue weighted by Gasteiger charge is 2.38. The van der Waals surface area contributed by atoms with Gasteiger partial charge in [0.2, 0.25) is 0 Å². The highest BCUT2D eigenvalue weighted by molar-refractivity contribution is 8.16. The number of hydrogen-bond acceptors (Lipinski definition) is 5. The lowest BCUT2D eigenvalue weighted by molar-refractivity contribution is -0.139. The van der Waals surface area contributed by atoms with Gasteiger partial charge in [-0.25, -0.2) is 14.2 Å². The van der Waals surface area contributed by atoms with E-state index in [0.717, 1.165) is 5.17 Å². The first kappa shape index (κ1) is 14.8. The average molecular weight is 318 g/mol. The van der Waals surface area contributed by atoms with Crippen LogP contribution in [0.3, 0.4) is 0 Å². The Hall–Kier alpha value is -2.08. The smallest absolute Gasteiger partial charge is 0.338 e. The summed E-state index contributed by atoms with van der Waals surface area (Å²) in [4.78, 5) is 18.6. The van der Waals surface area contributed by atoms with Crippen molar-refractivity contribution in [1.29, 1.82) is 0 Å². The summed E-state index contributed by atoms with van der Waals surface area (Å²) in [6, 6.07) is 5.91. The second-order valence-corrected chi connectivity index (χ2v) is 5.72. The highest BCUT2D eigenvalue weighted by Crippen LogP contribution is 2.41. The van der Waals surface area contributed by atoms with Gasteiger partial charge in [-0.3, -0.25) is 0 Å². The van der Waals surface area contributed by atoms with E-state index in [0.29, 0.717) is 16.8 Å². The van der Waals surface area contributed by atoms with Gasteiger partial charge < -0.3 is 9.64 Å². The zero-order valence-electron chi connectivity index (χ0n) is 12.2. The third-order valence-corrected chi connectivity index (χ3v) is 4.29. The Morgan fingerprint density at radius 3 is 2.95 bits per heavy atom. The lowest BCUT2D eigenvalue weighted by atomic mass is 9.94. The molecular weight excluding hydrogens is 303 g/mol. The summed E-state index contributed by atoms with van der Waals surface area (Å²) in [6.07, 6.45) is 1.81. The summed E-state index contributed by atoms with van der Waals surface area (Å²) in [5.41, 5.74) is 1.38. The summed E-state index contributed by atoms with van der Waals surface area (Å²) >= 11 is 1.45. The van der Waals surface area contributed by atoms with E-state index in [1.807, 2.05) is 16.5 Å². The maximum atomic E-state index is 14.3. The Labute approximate surface area is 132 Å². The standard InChI is InChI=1S/C16H15FN2O2S/c1-3-21-15(20)13-10(2)18-16-19(8-9-22-16)14(13)11-6-4-5-7-12(11)17/h4-9,14H,3H2,1-2H3/t14-/m1/s1. The fourth-order valence-corrected chi connectivity index (χ4v) is 3.36. The first-order valence-electron chi connectivity index (χ1n) is 6.96. The number of hydrogen-bond donors (Lipinski definition) is 0. The third-order valence-electron chi connectivity index (χ3n) is 3.52. The molecule has 2 aliphatic rings. The average Bonchev–Trinajstić information content (AvgIpc) is 2.94. The summed E-state index contributed by atoms with van der Waals surface area (Å²) < 4.78 is 19.5. The van der Waals surface area contributed by atoms with Crippen LogP contribution in [-0.2, 0) is 9.53 Å². The molecule has 2 aliphatic heterocycles. The van der Waals surface area contributed by atoms with Crippen LogP contribution in [0.1, 0.15) is 25.5 Å². The number of fused-ring (bicyclic) bond motifs is 1. The molecule has 1 aromatic carbocycles. The summed E-state index contributed by atoms with van der Waals surface area (Å²) in [5, 5.41) is 2.60. The largest absolute Gasteiger partial charge is 0.463 e. The Balaban J connectivity index is 2.14. The monoisotopic (exact) mass is 318 g/mol. The molecule has 1 aromatic rings. The molecule has 0 unspecified atom stereocenters. The molecular formula is C16H15FN2O2S. The molecule has 0 saturated heterocycles. The number of nitrogens with zero attached hydrogens (tertiary/aromatic N) is 2. The lowest BCUT2D eigenvalue weighted by Gasteiger charge is -2.33. The molecule has 22 heavy (non-hydrogen) atoms. The Morgan fingerprint density at radius 2 is 2.23 bits per heavy atom. The van der Waals surface area contributed by atoms with Gasteiger partial charge in [0.1, 0.15) is 5.82 Å². The van der Waals surface area contributed by atoms with Crippen molar-refractivity contribution in [3.05, 3.63) is 58.5 Å². The number of halogens is 1. The fourth-order valence-electron chi connectivity index (χ4n) is 2.57. The van der Waals surface area contributed by atoms with E-state index in [-0.39, 0.29) is 12.4 Å². The van der Waals surface area contributed by atoms with Crippen LogP contribution in [0.5, 0.6) is 0 Å². The van der Waals surface area contributed by atoms with Gasteiger partial charge in [-0.1, -0.05) is 30.0 Å². The minimum absolute atomic E-state index is 0.265. The van der Waals surface area contributed by atoms with Crippen LogP contribution in [0.2, 0.25) is 0 Å². The van der Waals surface area contributed by atoms with Crippen LogP contribution >= 0.6 is 11.8 Å². The number of allylic oxidation sites excluding steroid dienone is 1. The van der Waals surface area contributed by atoms with E-state index < -0.39 is 12.0 Å². The first-order valence-corrected chi connectivity index (χ1v) is 7.84. The first-order chi connectivity index (χ1) is 10.6. The molecule has 4 nitrogen and oxygen atoms in total. The molecule has 0 fully saturated rings. The van der Waals surface area contributed by atoms with Crippen molar-refractivity contribution in [1.82, 2.24) is 4.90 Å². The van der Waals surface area contributed by atoms with Gasteiger partial charge in [0.25, 0.3) is 0 Å². The van der Waals surface area contributed by atoms with Crippen molar-refractivity contribution >= 4 is 22.9 Å². The van der Waals surface area contributed by atoms with Crippen molar-refractivity contribution in [3.63, 3.8) is 0 Å². The van der Waals surface area contributed by atoms with Crippen molar-refractivity contribution in [2.24, 2.45) is 4.99 Å². The molecule has 2 heterocycles. The van der Waals surface area contributed by atoms with E-state index in [4.69, 9.17) is 4.74 Å². The van der Waals surface area contributed by atoms with Crippen molar-refractivity contribution < 1.29 is 13.9 Å². The van der Waals surface area contributed by atoms with Crippen LogP contribution < -0.4 is 0 Å². The van der Waals surface area contributed by atoms with Gasteiger partial charge in [-0.2, -0.15) is 0 Å². The normalized spacial score (nSPS) is 20.0. The molecule has 3 rings (SSSR count). The van der Waals surface area contributed by atoms with Crippen molar-refractivity contribution in [2.45, 2.75) is 19.9 Å². The third kappa shape index (κ3) is 2.43. The summed E-state index contributed by atoms with van der Waals surface area (Å²) in [7, 11) is 0. The highest BCUT2D eigenvalue weighted by atomic mass is 32.2. The zero-order chi connectivity index (χ0) is 15.7.